The van der Waals surface area contributed by atoms with E-state index in [4.69, 9.17) is 17.3 Å². The van der Waals surface area contributed by atoms with Gasteiger partial charge in [-0.05, 0) is 24.6 Å². The van der Waals surface area contributed by atoms with Crippen LogP contribution in [0.1, 0.15) is 19.2 Å². The van der Waals surface area contributed by atoms with E-state index in [0.717, 1.165) is 30.1 Å². The van der Waals surface area contributed by atoms with Gasteiger partial charge in [0.15, 0.2) is 11.6 Å². The fourth-order valence-corrected chi connectivity index (χ4v) is 2.00. The second-order valence-electron chi connectivity index (χ2n) is 4.00. The van der Waals surface area contributed by atoms with Crippen molar-refractivity contribution in [3.63, 3.8) is 0 Å². The monoisotopic (exact) mass is 250 g/mol. The van der Waals surface area contributed by atoms with E-state index in [9.17, 15) is 0 Å². The van der Waals surface area contributed by atoms with Crippen molar-refractivity contribution in [1.82, 2.24) is 14.8 Å². The van der Waals surface area contributed by atoms with E-state index in [1.165, 1.54) is 0 Å². The third-order valence-electron chi connectivity index (χ3n) is 2.46. The number of benzene rings is 1. The molecule has 0 aliphatic rings. The average Bonchev–Trinajstić information content (AvgIpc) is 2.58. The third-order valence-corrected chi connectivity index (χ3v) is 2.68. The largest absolute Gasteiger partial charge is 0.399 e. The Morgan fingerprint density at radius 3 is 2.76 bits per heavy atom. The van der Waals surface area contributed by atoms with Gasteiger partial charge in [0, 0.05) is 29.7 Å². The maximum absolute atomic E-state index is 5.98. The van der Waals surface area contributed by atoms with Crippen molar-refractivity contribution in [3.05, 3.63) is 29.0 Å². The summed E-state index contributed by atoms with van der Waals surface area (Å²) in [5, 5.41) is 4.97. The van der Waals surface area contributed by atoms with Crippen molar-refractivity contribution in [2.45, 2.75) is 19.8 Å². The van der Waals surface area contributed by atoms with Crippen LogP contribution in [0.2, 0.25) is 5.02 Å². The van der Waals surface area contributed by atoms with Crippen molar-refractivity contribution >= 4 is 17.3 Å². The lowest BCUT2D eigenvalue weighted by molar-refractivity contribution is 0.737. The van der Waals surface area contributed by atoms with Crippen molar-refractivity contribution in [3.8, 4) is 11.4 Å². The molecule has 1 aromatic heterocycles. The molecule has 2 N–H and O–H groups in total. The van der Waals surface area contributed by atoms with Crippen LogP contribution in [-0.4, -0.2) is 14.8 Å². The predicted molar refractivity (Wildman–Crippen MR) is 69.9 cm³/mol. The number of nitrogens with two attached hydrogens (primary N) is 1. The van der Waals surface area contributed by atoms with Crippen LogP contribution in [0.4, 0.5) is 5.69 Å². The first-order valence-electron chi connectivity index (χ1n) is 5.56. The van der Waals surface area contributed by atoms with Crippen LogP contribution in [0.25, 0.3) is 11.4 Å². The summed E-state index contributed by atoms with van der Waals surface area (Å²) in [6.45, 7) is 2.10. The van der Waals surface area contributed by atoms with Gasteiger partial charge in [0.1, 0.15) is 0 Å². The number of hydrogen-bond acceptors (Lipinski definition) is 3. The van der Waals surface area contributed by atoms with Crippen molar-refractivity contribution in [2.75, 3.05) is 5.73 Å². The summed E-state index contributed by atoms with van der Waals surface area (Å²) in [4.78, 5) is 4.49. The summed E-state index contributed by atoms with van der Waals surface area (Å²) in [6.07, 6.45) is 1.91. The van der Waals surface area contributed by atoms with Crippen LogP contribution in [-0.2, 0) is 13.5 Å². The van der Waals surface area contributed by atoms with Crippen LogP contribution in [0, 0.1) is 0 Å². The second-order valence-corrected chi connectivity index (χ2v) is 4.43. The van der Waals surface area contributed by atoms with Gasteiger partial charge in [0.25, 0.3) is 0 Å². The molecule has 0 fully saturated rings. The van der Waals surface area contributed by atoms with Gasteiger partial charge < -0.3 is 5.73 Å². The van der Waals surface area contributed by atoms with Crippen LogP contribution < -0.4 is 5.73 Å². The Kier molecular flexibility index (Phi) is 3.33. The molecule has 1 aromatic carbocycles. The van der Waals surface area contributed by atoms with Gasteiger partial charge >= 0.3 is 0 Å². The summed E-state index contributed by atoms with van der Waals surface area (Å²) in [5.74, 6) is 1.64. The lowest BCUT2D eigenvalue weighted by Gasteiger charge is -2.02. The van der Waals surface area contributed by atoms with Gasteiger partial charge in [-0.3, -0.25) is 0 Å². The molecule has 0 spiro atoms. The molecule has 4 nitrogen and oxygen atoms in total. The highest BCUT2D eigenvalue weighted by atomic mass is 35.5. The quantitative estimate of drug-likeness (QED) is 0.852. The smallest absolute Gasteiger partial charge is 0.158 e. The summed E-state index contributed by atoms with van der Waals surface area (Å²) < 4.78 is 1.76. The first-order chi connectivity index (χ1) is 8.10. The van der Waals surface area contributed by atoms with E-state index in [-0.39, 0.29) is 0 Å². The Morgan fingerprint density at radius 1 is 1.35 bits per heavy atom. The van der Waals surface area contributed by atoms with Crippen LogP contribution in [0.3, 0.4) is 0 Å². The molecule has 0 aliphatic carbocycles. The minimum atomic E-state index is 0.611. The molecule has 0 radical (unpaired) electrons. The Bertz CT molecular complexity index is 513. The molecule has 0 amide bonds. The van der Waals surface area contributed by atoms with Gasteiger partial charge in [-0.2, -0.15) is 5.10 Å². The van der Waals surface area contributed by atoms with E-state index in [1.807, 2.05) is 19.2 Å². The van der Waals surface area contributed by atoms with Gasteiger partial charge in [-0.15, -0.1) is 0 Å². The predicted octanol–water partition coefficient (Wildman–Crippen LogP) is 2.67. The molecule has 17 heavy (non-hydrogen) atoms. The number of anilines is 1. The van der Waals surface area contributed by atoms with Gasteiger partial charge in [-0.25, -0.2) is 9.67 Å². The molecule has 2 aromatic rings. The second kappa shape index (κ2) is 4.75. The van der Waals surface area contributed by atoms with E-state index in [0.29, 0.717) is 10.7 Å². The number of aryl methyl sites for hydroxylation is 2. The van der Waals surface area contributed by atoms with Crippen molar-refractivity contribution < 1.29 is 0 Å². The van der Waals surface area contributed by atoms with E-state index in [2.05, 4.69) is 17.0 Å². The Balaban J connectivity index is 2.44. The molecule has 0 saturated carbocycles. The Morgan fingerprint density at radius 2 is 2.12 bits per heavy atom. The van der Waals surface area contributed by atoms with Crippen molar-refractivity contribution in [1.29, 1.82) is 0 Å². The molecule has 5 heteroatoms. The van der Waals surface area contributed by atoms with Gasteiger partial charge in [0.05, 0.1) is 0 Å². The molecular formula is C12H15ClN4. The highest BCUT2D eigenvalue weighted by Crippen LogP contribution is 2.24. The number of nitrogens with zero attached hydrogens (tertiary/aromatic N) is 3. The zero-order valence-electron chi connectivity index (χ0n) is 9.94. The normalized spacial score (nSPS) is 10.8. The van der Waals surface area contributed by atoms with Gasteiger partial charge in [-0.1, -0.05) is 18.5 Å². The van der Waals surface area contributed by atoms with Crippen molar-refractivity contribution in [2.24, 2.45) is 7.05 Å². The summed E-state index contributed by atoms with van der Waals surface area (Å²) in [5.41, 5.74) is 7.30. The van der Waals surface area contributed by atoms with Crippen LogP contribution >= 0.6 is 11.6 Å². The lowest BCUT2D eigenvalue weighted by Crippen LogP contribution is -1.95. The number of hydrogen-bond donors (Lipinski definition) is 1. The molecule has 1 heterocycles. The summed E-state index contributed by atoms with van der Waals surface area (Å²) in [6, 6.07) is 5.41. The molecule has 0 bridgehead atoms. The SMILES string of the molecule is CCCc1nc(-c2cc(N)cc(Cl)c2)n(C)n1. The fourth-order valence-electron chi connectivity index (χ4n) is 1.76. The fraction of sp³-hybridized carbons (Fsp3) is 0.333. The summed E-state index contributed by atoms with van der Waals surface area (Å²) >= 11 is 5.98. The average molecular weight is 251 g/mol. The molecule has 0 saturated heterocycles. The molecule has 2 rings (SSSR count). The van der Waals surface area contributed by atoms with E-state index in [1.54, 1.807) is 10.7 Å². The highest BCUT2D eigenvalue weighted by molar-refractivity contribution is 6.31. The van der Waals surface area contributed by atoms with E-state index < -0.39 is 0 Å². The molecule has 0 unspecified atom stereocenters. The minimum absolute atomic E-state index is 0.611. The maximum Gasteiger partial charge on any atom is 0.158 e. The van der Waals surface area contributed by atoms with E-state index >= 15 is 0 Å². The third kappa shape index (κ3) is 2.58. The van der Waals surface area contributed by atoms with Crippen LogP contribution in [0.15, 0.2) is 18.2 Å². The Hall–Kier alpha value is -1.55. The minimum Gasteiger partial charge on any atom is -0.399 e. The number of nitrogen functional groups attached to an aromatic ring is 1. The maximum atomic E-state index is 5.98. The number of rotatable bonds is 3. The topological polar surface area (TPSA) is 56.7 Å². The molecule has 0 aliphatic heterocycles. The molecule has 90 valence electrons. The zero-order chi connectivity index (χ0) is 12.4. The van der Waals surface area contributed by atoms with Crippen LogP contribution in [0.5, 0.6) is 0 Å². The molecule has 0 atom stereocenters. The van der Waals surface area contributed by atoms with Gasteiger partial charge in [0.2, 0.25) is 0 Å². The first kappa shape index (κ1) is 11.9. The number of aromatic nitrogens is 3. The lowest BCUT2D eigenvalue weighted by atomic mass is 10.2. The first-order valence-corrected chi connectivity index (χ1v) is 5.94. The number of halogens is 1. The summed E-state index contributed by atoms with van der Waals surface area (Å²) in [7, 11) is 1.87. The standard InChI is InChI=1S/C12H15ClN4/c1-3-4-11-15-12(17(2)16-11)8-5-9(13)7-10(14)6-8/h5-7H,3-4,14H2,1-2H3. The Labute approximate surface area is 105 Å². The molecular weight excluding hydrogens is 236 g/mol. The zero-order valence-corrected chi connectivity index (χ0v) is 10.7. The highest BCUT2D eigenvalue weighted by Gasteiger charge is 2.10.